The zero-order valence-electron chi connectivity index (χ0n) is 17.5. The maximum absolute atomic E-state index is 13.0. The molecule has 5 rings (SSSR count). The Morgan fingerprint density at radius 1 is 1.28 bits per heavy atom. The zero-order chi connectivity index (χ0) is 20.8. The standard InChI is InChI=1S/C24H28O5/c1-13-9-18-17-6-5-15-10-16(26)7-8-23(15,4)24(17)20(29-24)11-22(18,3)21(13)19(27)12-28-14(2)25/h7-8,10,17-18,20H,5-6,9,11-12H2,1-4H3/t17?,18-,20+,22-,23-,24-/m0/s1. The van der Waals surface area contributed by atoms with E-state index in [0.717, 1.165) is 36.8 Å². The van der Waals surface area contributed by atoms with Crippen LogP contribution in [0.15, 0.2) is 34.9 Å². The third kappa shape index (κ3) is 2.28. The third-order valence-corrected chi connectivity index (χ3v) is 8.53. The summed E-state index contributed by atoms with van der Waals surface area (Å²) in [7, 11) is 0. The summed E-state index contributed by atoms with van der Waals surface area (Å²) in [6.45, 7) is 7.63. The largest absolute Gasteiger partial charge is 0.457 e. The van der Waals surface area contributed by atoms with Gasteiger partial charge in [0.1, 0.15) is 5.60 Å². The minimum Gasteiger partial charge on any atom is -0.457 e. The maximum atomic E-state index is 13.0. The van der Waals surface area contributed by atoms with E-state index >= 15 is 0 Å². The van der Waals surface area contributed by atoms with Gasteiger partial charge < -0.3 is 9.47 Å². The number of esters is 1. The van der Waals surface area contributed by atoms with Crippen LogP contribution in [-0.2, 0) is 23.9 Å². The Labute approximate surface area is 171 Å². The van der Waals surface area contributed by atoms with Gasteiger partial charge in [0.15, 0.2) is 18.2 Å². The summed E-state index contributed by atoms with van der Waals surface area (Å²) in [6.07, 6.45) is 9.23. The highest BCUT2D eigenvalue weighted by Gasteiger charge is 2.78. The lowest BCUT2D eigenvalue weighted by molar-refractivity contribution is -0.145. The molecule has 0 amide bonds. The van der Waals surface area contributed by atoms with Gasteiger partial charge in [-0.05, 0) is 63.5 Å². The third-order valence-electron chi connectivity index (χ3n) is 8.53. The fraction of sp³-hybridized carbons (Fsp3) is 0.625. The molecule has 1 heterocycles. The van der Waals surface area contributed by atoms with Crippen LogP contribution in [0, 0.1) is 22.7 Å². The summed E-state index contributed by atoms with van der Waals surface area (Å²) in [4.78, 5) is 36.1. The molecule has 29 heavy (non-hydrogen) atoms. The lowest BCUT2D eigenvalue weighted by Crippen LogP contribution is -2.56. The molecular formula is C24H28O5. The second-order valence-electron chi connectivity index (χ2n) is 9.94. The minimum absolute atomic E-state index is 0.0679. The highest BCUT2D eigenvalue weighted by atomic mass is 16.6. The fourth-order valence-electron chi connectivity index (χ4n) is 7.38. The maximum Gasteiger partial charge on any atom is 0.303 e. The first-order chi connectivity index (χ1) is 13.6. The number of carbonyl (C=O) groups excluding carboxylic acids is 3. The van der Waals surface area contributed by atoms with E-state index in [0.29, 0.717) is 11.8 Å². The van der Waals surface area contributed by atoms with Crippen LogP contribution in [0.2, 0.25) is 0 Å². The molecule has 6 atom stereocenters. The van der Waals surface area contributed by atoms with Crippen LogP contribution in [0.1, 0.15) is 53.4 Å². The molecule has 5 aliphatic rings. The quantitative estimate of drug-likeness (QED) is 0.539. The van der Waals surface area contributed by atoms with Crippen LogP contribution >= 0.6 is 0 Å². The minimum atomic E-state index is -0.428. The second-order valence-corrected chi connectivity index (χ2v) is 9.94. The molecule has 0 N–H and O–H groups in total. The number of epoxide rings is 1. The lowest BCUT2D eigenvalue weighted by atomic mass is 9.47. The number of ether oxygens (including phenoxy) is 2. The summed E-state index contributed by atoms with van der Waals surface area (Å²) < 4.78 is 11.5. The fourth-order valence-corrected chi connectivity index (χ4v) is 7.38. The van der Waals surface area contributed by atoms with Crippen molar-refractivity contribution in [2.75, 3.05) is 6.61 Å². The van der Waals surface area contributed by atoms with Crippen molar-refractivity contribution in [3.8, 4) is 0 Å². The van der Waals surface area contributed by atoms with Crippen LogP contribution in [0.4, 0.5) is 0 Å². The number of carbonyl (C=O) groups is 3. The number of hydrogen-bond donors (Lipinski definition) is 0. The van der Waals surface area contributed by atoms with Gasteiger partial charge in [-0.2, -0.15) is 0 Å². The molecular weight excluding hydrogens is 368 g/mol. The number of hydrogen-bond acceptors (Lipinski definition) is 5. The highest BCUT2D eigenvalue weighted by molar-refractivity contribution is 6.01. The van der Waals surface area contributed by atoms with Crippen molar-refractivity contribution < 1.29 is 23.9 Å². The number of allylic oxidation sites excluding steroid dienone is 3. The average molecular weight is 396 g/mol. The number of rotatable bonds is 3. The van der Waals surface area contributed by atoms with Crippen molar-refractivity contribution in [3.05, 3.63) is 34.9 Å². The van der Waals surface area contributed by atoms with Crippen molar-refractivity contribution in [1.29, 1.82) is 0 Å². The summed E-state index contributed by atoms with van der Waals surface area (Å²) in [5.41, 5.74) is 2.44. The first kappa shape index (κ1) is 19.0. The summed E-state index contributed by atoms with van der Waals surface area (Å²) in [6, 6.07) is 0. The van der Waals surface area contributed by atoms with Gasteiger partial charge in [0, 0.05) is 23.3 Å². The van der Waals surface area contributed by atoms with Gasteiger partial charge in [-0.25, -0.2) is 0 Å². The molecule has 0 aromatic rings. The molecule has 1 saturated heterocycles. The van der Waals surface area contributed by atoms with Crippen molar-refractivity contribution in [3.63, 3.8) is 0 Å². The number of Topliss-reactive ketones (excluding diaryl/α,β-unsaturated/α-hetero) is 1. The molecule has 5 nitrogen and oxygen atoms in total. The molecule has 5 heteroatoms. The van der Waals surface area contributed by atoms with Gasteiger partial charge in [0.25, 0.3) is 0 Å². The van der Waals surface area contributed by atoms with Crippen LogP contribution < -0.4 is 0 Å². The predicted molar refractivity (Wildman–Crippen MR) is 106 cm³/mol. The molecule has 154 valence electrons. The van der Waals surface area contributed by atoms with Crippen LogP contribution in [0.5, 0.6) is 0 Å². The normalized spacial score (nSPS) is 44.3. The molecule has 0 aromatic carbocycles. The van der Waals surface area contributed by atoms with Crippen LogP contribution in [-0.4, -0.2) is 35.8 Å². The van der Waals surface area contributed by atoms with E-state index in [-0.39, 0.29) is 40.7 Å². The van der Waals surface area contributed by atoms with Crippen LogP contribution in [0.25, 0.3) is 0 Å². The number of fused-ring (bicyclic) bond motifs is 3. The Morgan fingerprint density at radius 3 is 2.76 bits per heavy atom. The molecule has 1 aliphatic heterocycles. The Morgan fingerprint density at radius 2 is 2.03 bits per heavy atom. The smallest absolute Gasteiger partial charge is 0.303 e. The molecule has 1 spiro atoms. The van der Waals surface area contributed by atoms with Gasteiger partial charge in [0.05, 0.1) is 6.10 Å². The SMILES string of the molecule is CC(=O)OCC(=O)C1=C(C)C[C@H]2C3CCC4=CC(=O)C=C[C@]4(C)[C@]34O[C@@H]4C[C@]12C. The van der Waals surface area contributed by atoms with Gasteiger partial charge in [0.2, 0.25) is 0 Å². The summed E-state index contributed by atoms with van der Waals surface area (Å²) >= 11 is 0. The predicted octanol–water partition coefficient (Wildman–Crippen LogP) is 3.48. The molecule has 0 aromatic heterocycles. The highest BCUT2D eigenvalue weighted by Crippen LogP contribution is 2.75. The van der Waals surface area contributed by atoms with E-state index in [2.05, 4.69) is 26.8 Å². The second kappa shape index (κ2) is 5.78. The van der Waals surface area contributed by atoms with E-state index in [1.54, 1.807) is 6.08 Å². The first-order valence-corrected chi connectivity index (χ1v) is 10.6. The molecule has 1 unspecified atom stereocenters. The molecule has 0 bridgehead atoms. The molecule has 0 radical (unpaired) electrons. The van der Waals surface area contributed by atoms with Crippen molar-refractivity contribution >= 4 is 17.5 Å². The average Bonchev–Trinajstić information content (AvgIpc) is 3.29. The van der Waals surface area contributed by atoms with E-state index in [1.165, 1.54) is 12.5 Å². The van der Waals surface area contributed by atoms with Crippen molar-refractivity contribution in [1.82, 2.24) is 0 Å². The van der Waals surface area contributed by atoms with Gasteiger partial charge in [-0.15, -0.1) is 0 Å². The molecule has 4 aliphatic carbocycles. The first-order valence-electron chi connectivity index (χ1n) is 10.6. The lowest BCUT2D eigenvalue weighted by Gasteiger charge is -2.54. The van der Waals surface area contributed by atoms with Crippen molar-refractivity contribution in [2.24, 2.45) is 22.7 Å². The number of ketones is 2. The Kier molecular flexibility index (Phi) is 3.78. The Hall–Kier alpha value is -2.01. The molecule has 2 saturated carbocycles. The van der Waals surface area contributed by atoms with E-state index < -0.39 is 5.97 Å². The summed E-state index contributed by atoms with van der Waals surface area (Å²) in [5.74, 6) is 0.258. The monoisotopic (exact) mass is 396 g/mol. The van der Waals surface area contributed by atoms with Crippen LogP contribution in [0.3, 0.4) is 0 Å². The molecule has 3 fully saturated rings. The van der Waals surface area contributed by atoms with E-state index in [4.69, 9.17) is 9.47 Å². The topological polar surface area (TPSA) is 73.0 Å². The van der Waals surface area contributed by atoms with E-state index in [9.17, 15) is 14.4 Å². The van der Waals surface area contributed by atoms with Gasteiger partial charge in [-0.1, -0.05) is 24.1 Å². The van der Waals surface area contributed by atoms with Gasteiger partial charge in [-0.3, -0.25) is 14.4 Å². The van der Waals surface area contributed by atoms with Crippen molar-refractivity contribution in [2.45, 2.75) is 65.1 Å². The van der Waals surface area contributed by atoms with E-state index in [1.807, 2.05) is 6.08 Å². The Bertz CT molecular complexity index is 939. The zero-order valence-corrected chi connectivity index (χ0v) is 17.5. The Balaban J connectivity index is 1.49. The van der Waals surface area contributed by atoms with Gasteiger partial charge >= 0.3 is 5.97 Å². The summed E-state index contributed by atoms with van der Waals surface area (Å²) in [5, 5.41) is 0.